The molecule has 0 aliphatic heterocycles. The third kappa shape index (κ3) is 4.24. The summed E-state index contributed by atoms with van der Waals surface area (Å²) in [6.45, 7) is 2.62. The quantitative estimate of drug-likeness (QED) is 0.842. The van der Waals surface area contributed by atoms with E-state index in [4.69, 9.17) is 11.6 Å². The number of halogens is 1. The number of hydrogen-bond acceptors (Lipinski definition) is 5. The minimum Gasteiger partial charge on any atom is -0.316 e. The zero-order valence-corrected chi connectivity index (χ0v) is 14.1. The van der Waals surface area contributed by atoms with E-state index >= 15 is 0 Å². The average Bonchev–Trinajstić information content (AvgIpc) is 2.85. The van der Waals surface area contributed by atoms with Crippen molar-refractivity contribution < 1.29 is 8.42 Å². The van der Waals surface area contributed by atoms with Crippen molar-refractivity contribution in [2.45, 2.75) is 24.9 Å². The van der Waals surface area contributed by atoms with Crippen molar-refractivity contribution in [1.82, 2.24) is 15.0 Å². The van der Waals surface area contributed by atoms with Crippen LogP contribution in [0.4, 0.5) is 0 Å². The molecule has 1 aromatic carbocycles. The first kappa shape index (κ1) is 16.4. The molecule has 0 amide bonds. The maximum atomic E-state index is 12.3. The summed E-state index contributed by atoms with van der Waals surface area (Å²) < 4.78 is 27.2. The van der Waals surface area contributed by atoms with Gasteiger partial charge in [0.2, 0.25) is 10.0 Å². The molecule has 0 aliphatic carbocycles. The summed E-state index contributed by atoms with van der Waals surface area (Å²) in [5, 5.41) is 4.41. The van der Waals surface area contributed by atoms with E-state index in [2.05, 4.69) is 15.0 Å². The van der Waals surface area contributed by atoms with Crippen LogP contribution in [-0.2, 0) is 23.1 Å². The van der Waals surface area contributed by atoms with E-state index in [1.165, 1.54) is 17.4 Å². The molecule has 2 rings (SSSR count). The number of rotatable bonds is 6. The summed E-state index contributed by atoms with van der Waals surface area (Å²) in [5.74, 6) is 0. The van der Waals surface area contributed by atoms with E-state index < -0.39 is 10.0 Å². The van der Waals surface area contributed by atoms with Crippen molar-refractivity contribution in [1.29, 1.82) is 0 Å². The number of nitrogens with one attached hydrogen (secondary N) is 2. The molecular formula is C13H16ClN3O2S2. The first-order valence-electron chi connectivity index (χ1n) is 6.26. The van der Waals surface area contributed by atoms with Gasteiger partial charge in [0.25, 0.3) is 0 Å². The van der Waals surface area contributed by atoms with Crippen molar-refractivity contribution in [2.24, 2.45) is 0 Å². The lowest BCUT2D eigenvalue weighted by atomic mass is 10.2. The largest absolute Gasteiger partial charge is 0.316 e. The van der Waals surface area contributed by atoms with Gasteiger partial charge in [0.15, 0.2) is 0 Å². The highest BCUT2D eigenvalue weighted by atomic mass is 35.5. The molecule has 1 heterocycles. The number of sulfonamides is 1. The fraction of sp³-hybridized carbons (Fsp3) is 0.308. The second-order valence-electron chi connectivity index (χ2n) is 4.45. The summed E-state index contributed by atoms with van der Waals surface area (Å²) >= 11 is 7.51. The number of thiazole rings is 1. The Morgan fingerprint density at radius 3 is 2.71 bits per heavy atom. The van der Waals surface area contributed by atoms with Crippen molar-refractivity contribution in [3.05, 3.63) is 44.9 Å². The molecule has 8 heteroatoms. The molecular weight excluding hydrogens is 330 g/mol. The van der Waals surface area contributed by atoms with E-state index in [0.29, 0.717) is 11.6 Å². The first-order valence-corrected chi connectivity index (χ1v) is 8.94. The number of benzene rings is 1. The number of aryl methyl sites for hydroxylation is 1. The summed E-state index contributed by atoms with van der Waals surface area (Å²) in [5.41, 5.74) is 0.746. The van der Waals surface area contributed by atoms with Crippen LogP contribution in [0.15, 0.2) is 29.3 Å². The van der Waals surface area contributed by atoms with Gasteiger partial charge in [-0.15, -0.1) is 11.3 Å². The van der Waals surface area contributed by atoms with E-state index in [1.54, 1.807) is 25.4 Å². The van der Waals surface area contributed by atoms with Crippen LogP contribution in [0.1, 0.15) is 15.4 Å². The fourth-order valence-corrected chi connectivity index (χ4v) is 3.85. The molecule has 0 aliphatic rings. The molecule has 0 bridgehead atoms. The summed E-state index contributed by atoms with van der Waals surface area (Å²) in [7, 11) is -1.78. The van der Waals surface area contributed by atoms with Crippen LogP contribution in [0.5, 0.6) is 0 Å². The third-order valence-electron chi connectivity index (χ3n) is 2.80. The maximum absolute atomic E-state index is 12.3. The van der Waals surface area contributed by atoms with Crippen LogP contribution in [-0.4, -0.2) is 20.4 Å². The van der Waals surface area contributed by atoms with Gasteiger partial charge < -0.3 is 5.32 Å². The zero-order valence-electron chi connectivity index (χ0n) is 11.7. The SMILES string of the molecule is CNCc1cc(S(=O)(=O)NCc2cnc(C)s2)ccc1Cl. The summed E-state index contributed by atoms with van der Waals surface area (Å²) in [6, 6.07) is 4.68. The molecule has 0 saturated heterocycles. The molecule has 0 fully saturated rings. The lowest BCUT2D eigenvalue weighted by Gasteiger charge is -2.09. The number of aromatic nitrogens is 1. The van der Waals surface area contributed by atoms with E-state index in [1.807, 2.05) is 6.92 Å². The van der Waals surface area contributed by atoms with Crippen LogP contribution in [0, 0.1) is 6.92 Å². The fourth-order valence-electron chi connectivity index (χ4n) is 1.78. The molecule has 0 radical (unpaired) electrons. The lowest BCUT2D eigenvalue weighted by Crippen LogP contribution is -2.23. The van der Waals surface area contributed by atoms with Crippen molar-refractivity contribution >= 4 is 33.0 Å². The topological polar surface area (TPSA) is 71.1 Å². The highest BCUT2D eigenvalue weighted by Gasteiger charge is 2.16. The highest BCUT2D eigenvalue weighted by Crippen LogP contribution is 2.21. The Morgan fingerprint density at radius 2 is 2.10 bits per heavy atom. The first-order chi connectivity index (χ1) is 9.92. The maximum Gasteiger partial charge on any atom is 0.240 e. The second kappa shape index (κ2) is 6.85. The van der Waals surface area contributed by atoms with Gasteiger partial charge in [-0.25, -0.2) is 18.1 Å². The monoisotopic (exact) mass is 345 g/mol. The Morgan fingerprint density at radius 1 is 1.33 bits per heavy atom. The second-order valence-corrected chi connectivity index (χ2v) is 7.95. The van der Waals surface area contributed by atoms with Crippen LogP contribution in [0.2, 0.25) is 5.02 Å². The predicted octanol–water partition coefficient (Wildman–Crippen LogP) is 2.30. The number of hydrogen-bond donors (Lipinski definition) is 2. The van der Waals surface area contributed by atoms with E-state index in [0.717, 1.165) is 15.4 Å². The smallest absolute Gasteiger partial charge is 0.240 e. The van der Waals surface area contributed by atoms with Crippen LogP contribution in [0.25, 0.3) is 0 Å². The van der Waals surface area contributed by atoms with Gasteiger partial charge in [-0.05, 0) is 37.7 Å². The van der Waals surface area contributed by atoms with Gasteiger partial charge in [-0.1, -0.05) is 11.6 Å². The molecule has 21 heavy (non-hydrogen) atoms. The Balaban J connectivity index is 2.17. The van der Waals surface area contributed by atoms with Crippen LogP contribution < -0.4 is 10.0 Å². The van der Waals surface area contributed by atoms with E-state index in [-0.39, 0.29) is 11.4 Å². The third-order valence-corrected chi connectivity index (χ3v) is 5.48. The molecule has 5 nitrogen and oxygen atoms in total. The van der Waals surface area contributed by atoms with E-state index in [9.17, 15) is 8.42 Å². The minimum atomic E-state index is -3.56. The Kier molecular flexibility index (Phi) is 5.34. The molecule has 1 aromatic heterocycles. The average molecular weight is 346 g/mol. The van der Waals surface area contributed by atoms with Crippen molar-refractivity contribution in [3.8, 4) is 0 Å². The number of nitrogens with zero attached hydrogens (tertiary/aromatic N) is 1. The summed E-state index contributed by atoms with van der Waals surface area (Å²) in [4.78, 5) is 5.18. The highest BCUT2D eigenvalue weighted by molar-refractivity contribution is 7.89. The molecule has 114 valence electrons. The summed E-state index contributed by atoms with van der Waals surface area (Å²) in [6.07, 6.45) is 1.68. The minimum absolute atomic E-state index is 0.207. The van der Waals surface area contributed by atoms with Gasteiger partial charge in [0.1, 0.15) is 0 Å². The molecule has 0 saturated carbocycles. The Hall–Kier alpha value is -0.990. The molecule has 0 unspecified atom stereocenters. The Bertz CT molecular complexity index is 729. The standard InChI is InChI=1S/C13H16ClN3O2S2/c1-9-16-7-11(20-9)8-17-21(18,19)12-3-4-13(14)10(5-12)6-15-2/h3-5,7,15,17H,6,8H2,1-2H3. The molecule has 2 N–H and O–H groups in total. The van der Waals surface area contributed by atoms with Gasteiger partial charge in [-0.3, -0.25) is 0 Å². The van der Waals surface area contributed by atoms with Gasteiger partial charge in [0.05, 0.1) is 9.90 Å². The van der Waals surface area contributed by atoms with Crippen molar-refractivity contribution in [3.63, 3.8) is 0 Å². The lowest BCUT2D eigenvalue weighted by molar-refractivity contribution is 0.581. The molecule has 0 spiro atoms. The van der Waals surface area contributed by atoms with Gasteiger partial charge >= 0.3 is 0 Å². The van der Waals surface area contributed by atoms with Crippen molar-refractivity contribution in [2.75, 3.05) is 7.05 Å². The van der Waals surface area contributed by atoms with Crippen LogP contribution >= 0.6 is 22.9 Å². The van der Waals surface area contributed by atoms with Gasteiger partial charge in [-0.2, -0.15) is 0 Å². The normalized spacial score (nSPS) is 11.8. The molecule has 2 aromatic rings. The van der Waals surface area contributed by atoms with Gasteiger partial charge in [0, 0.05) is 29.2 Å². The zero-order chi connectivity index (χ0) is 15.5. The predicted molar refractivity (Wildman–Crippen MR) is 85.1 cm³/mol. The van der Waals surface area contributed by atoms with Crippen LogP contribution in [0.3, 0.4) is 0 Å². The molecule has 0 atom stereocenters. The Labute approximate surface area is 133 Å².